The molecule has 0 saturated heterocycles. The molecule has 0 spiro atoms. The summed E-state index contributed by atoms with van der Waals surface area (Å²) in [4.78, 5) is 24.2. The van der Waals surface area contributed by atoms with E-state index in [1.54, 1.807) is 0 Å². The van der Waals surface area contributed by atoms with Gasteiger partial charge in [-0.2, -0.15) is 0 Å². The summed E-state index contributed by atoms with van der Waals surface area (Å²) in [6.07, 6.45) is 13.2. The summed E-state index contributed by atoms with van der Waals surface area (Å²) in [5.74, 6) is 2.95. The molecule has 41 heavy (non-hydrogen) atoms. The maximum absolute atomic E-state index is 12.5. The number of esters is 2. The fourth-order valence-electron chi connectivity index (χ4n) is 6.01. The molecule has 1 aromatic carbocycles. The Bertz CT molecular complexity index is 984. The van der Waals surface area contributed by atoms with Gasteiger partial charge in [0.25, 0.3) is 0 Å². The predicted octanol–water partition coefficient (Wildman–Crippen LogP) is 8.36. The maximum atomic E-state index is 12.5. The van der Waals surface area contributed by atoms with Crippen molar-refractivity contribution in [3.05, 3.63) is 22.3 Å². The van der Waals surface area contributed by atoms with Gasteiger partial charge in [0.1, 0.15) is 23.7 Å². The summed E-state index contributed by atoms with van der Waals surface area (Å²) in [6, 6.07) is 0. The topological polar surface area (TPSA) is 82.1 Å². The van der Waals surface area contributed by atoms with Gasteiger partial charge in [0.2, 0.25) is 0 Å². The van der Waals surface area contributed by atoms with Gasteiger partial charge < -0.3 is 19.3 Å². The molecule has 6 heteroatoms. The van der Waals surface area contributed by atoms with Crippen LogP contribution in [0.1, 0.15) is 134 Å². The van der Waals surface area contributed by atoms with Gasteiger partial charge >= 0.3 is 11.9 Å². The van der Waals surface area contributed by atoms with Crippen LogP contribution in [0.2, 0.25) is 0 Å². The number of aliphatic hydroxyl groups is 1. The molecule has 0 radical (unpaired) electrons. The van der Waals surface area contributed by atoms with E-state index in [1.807, 2.05) is 20.8 Å². The Labute approximate surface area is 249 Å². The summed E-state index contributed by atoms with van der Waals surface area (Å²) in [5, 5.41) is 8.76. The Kier molecular flexibility index (Phi) is 14.7. The largest absolute Gasteiger partial charge is 0.487 e. The zero-order valence-corrected chi connectivity index (χ0v) is 27.3. The molecule has 0 fully saturated rings. The lowest BCUT2D eigenvalue weighted by Gasteiger charge is -2.38. The average Bonchev–Trinajstić information content (AvgIpc) is 2.91. The van der Waals surface area contributed by atoms with Crippen molar-refractivity contribution in [2.45, 2.75) is 144 Å². The second kappa shape index (κ2) is 17.1. The van der Waals surface area contributed by atoms with Gasteiger partial charge in [0, 0.05) is 5.56 Å². The molecule has 0 bridgehead atoms. The van der Waals surface area contributed by atoms with Gasteiger partial charge in [-0.1, -0.05) is 72.6 Å². The lowest BCUT2D eigenvalue weighted by atomic mass is 9.83. The minimum atomic E-state index is -0.518. The molecule has 1 N–H and O–H groups in total. The van der Waals surface area contributed by atoms with Gasteiger partial charge in [-0.05, 0) is 87.8 Å². The first kappa shape index (κ1) is 35.1. The van der Waals surface area contributed by atoms with Gasteiger partial charge in [-0.25, -0.2) is 0 Å². The van der Waals surface area contributed by atoms with Crippen LogP contribution in [0.25, 0.3) is 0 Å². The van der Waals surface area contributed by atoms with Crippen molar-refractivity contribution in [2.24, 2.45) is 17.8 Å². The fourth-order valence-corrected chi connectivity index (χ4v) is 6.01. The Morgan fingerprint density at radius 3 is 2.05 bits per heavy atom. The van der Waals surface area contributed by atoms with Crippen LogP contribution in [0.3, 0.4) is 0 Å². The second-order valence-electron chi connectivity index (χ2n) is 13.3. The van der Waals surface area contributed by atoms with Crippen LogP contribution in [-0.2, 0) is 20.7 Å². The number of ether oxygens (including phenoxy) is 3. The van der Waals surface area contributed by atoms with E-state index in [0.717, 1.165) is 65.0 Å². The molecule has 234 valence electrons. The highest BCUT2D eigenvalue weighted by atomic mass is 16.5. The van der Waals surface area contributed by atoms with Crippen molar-refractivity contribution in [1.29, 1.82) is 0 Å². The zero-order chi connectivity index (χ0) is 30.6. The van der Waals surface area contributed by atoms with Gasteiger partial charge in [-0.3, -0.25) is 9.59 Å². The molecule has 0 amide bonds. The fraction of sp³-hybridized carbons (Fsp3) is 0.771. The minimum Gasteiger partial charge on any atom is -0.487 e. The highest BCUT2D eigenvalue weighted by molar-refractivity contribution is 5.80. The Morgan fingerprint density at radius 1 is 0.854 bits per heavy atom. The van der Waals surface area contributed by atoms with E-state index < -0.39 is 11.9 Å². The molecular formula is C35H58O6. The summed E-state index contributed by atoms with van der Waals surface area (Å²) >= 11 is 0. The Morgan fingerprint density at radius 2 is 1.44 bits per heavy atom. The molecule has 2 rings (SSSR count). The van der Waals surface area contributed by atoms with Crippen LogP contribution in [-0.4, -0.2) is 35.9 Å². The van der Waals surface area contributed by atoms with Crippen molar-refractivity contribution in [1.82, 2.24) is 0 Å². The van der Waals surface area contributed by atoms with Gasteiger partial charge in [-0.15, -0.1) is 0 Å². The number of benzene rings is 1. The standard InChI is InChI=1S/C35H58O6/c1-24(2)12-9-13-25(3)14-10-15-26(4)16-11-20-35(8)21-19-30-29(7)33(27(5)28(6)34(30)41-35)40-32(38)18-17-31(37)39-23-22-36/h24-26,36H,9-23H2,1-8H3/t25-,26-,35+/m1/s1. The van der Waals surface area contributed by atoms with E-state index in [0.29, 0.717) is 5.75 Å². The van der Waals surface area contributed by atoms with Crippen molar-refractivity contribution >= 4 is 11.9 Å². The van der Waals surface area contributed by atoms with E-state index in [1.165, 1.54) is 51.4 Å². The SMILES string of the molecule is Cc1c(C)c2c(c(C)c1OC(=O)CCC(=O)OCCO)CC[C@](C)(CCC[C@H](C)CCC[C@H](C)CCCC(C)C)O2. The average molecular weight is 575 g/mol. The summed E-state index contributed by atoms with van der Waals surface area (Å²) in [7, 11) is 0. The minimum absolute atomic E-state index is 0.0633. The summed E-state index contributed by atoms with van der Waals surface area (Å²) in [6.45, 7) is 17.4. The Hall–Kier alpha value is -2.08. The molecule has 1 aromatic rings. The van der Waals surface area contributed by atoms with E-state index in [4.69, 9.17) is 19.3 Å². The molecule has 0 aromatic heterocycles. The summed E-state index contributed by atoms with van der Waals surface area (Å²) in [5.41, 5.74) is 3.78. The van der Waals surface area contributed by atoms with Crippen LogP contribution in [0.5, 0.6) is 11.5 Å². The van der Waals surface area contributed by atoms with Crippen molar-refractivity contribution in [3.8, 4) is 11.5 Å². The number of aliphatic hydroxyl groups excluding tert-OH is 1. The lowest BCUT2D eigenvalue weighted by Crippen LogP contribution is -2.37. The molecular weight excluding hydrogens is 516 g/mol. The van der Waals surface area contributed by atoms with Crippen LogP contribution in [0.15, 0.2) is 0 Å². The van der Waals surface area contributed by atoms with Gasteiger partial charge in [0.15, 0.2) is 0 Å². The molecule has 1 heterocycles. The monoisotopic (exact) mass is 574 g/mol. The first-order chi connectivity index (χ1) is 19.4. The number of fused-ring (bicyclic) bond motifs is 1. The van der Waals surface area contributed by atoms with Crippen molar-refractivity contribution in [3.63, 3.8) is 0 Å². The van der Waals surface area contributed by atoms with Crippen molar-refractivity contribution in [2.75, 3.05) is 13.2 Å². The molecule has 3 atom stereocenters. The normalized spacial score (nSPS) is 18.0. The van der Waals surface area contributed by atoms with E-state index >= 15 is 0 Å². The third-order valence-corrected chi connectivity index (χ3v) is 8.94. The smallest absolute Gasteiger partial charge is 0.311 e. The highest BCUT2D eigenvalue weighted by Gasteiger charge is 2.34. The van der Waals surface area contributed by atoms with Gasteiger partial charge in [0.05, 0.1) is 19.4 Å². The first-order valence-electron chi connectivity index (χ1n) is 16.2. The van der Waals surface area contributed by atoms with E-state index in [-0.39, 0.29) is 31.7 Å². The molecule has 0 aliphatic carbocycles. The summed E-state index contributed by atoms with van der Waals surface area (Å²) < 4.78 is 17.3. The molecule has 6 nitrogen and oxygen atoms in total. The van der Waals surface area contributed by atoms with Crippen LogP contribution < -0.4 is 9.47 Å². The van der Waals surface area contributed by atoms with E-state index in [9.17, 15) is 9.59 Å². The first-order valence-corrected chi connectivity index (χ1v) is 16.2. The van der Waals surface area contributed by atoms with Crippen LogP contribution in [0.4, 0.5) is 0 Å². The number of carbonyl (C=O) groups is 2. The molecule has 0 saturated carbocycles. The van der Waals surface area contributed by atoms with Crippen LogP contribution in [0, 0.1) is 38.5 Å². The quantitative estimate of drug-likeness (QED) is 0.140. The number of hydrogen-bond donors (Lipinski definition) is 1. The number of rotatable bonds is 18. The predicted molar refractivity (Wildman–Crippen MR) is 166 cm³/mol. The number of hydrogen-bond acceptors (Lipinski definition) is 6. The van der Waals surface area contributed by atoms with Crippen molar-refractivity contribution < 1.29 is 28.9 Å². The maximum Gasteiger partial charge on any atom is 0.311 e. The molecule has 0 unspecified atom stereocenters. The highest BCUT2D eigenvalue weighted by Crippen LogP contribution is 2.45. The Balaban J connectivity index is 1.86. The van der Waals surface area contributed by atoms with Crippen LogP contribution >= 0.6 is 0 Å². The third kappa shape index (κ3) is 11.6. The van der Waals surface area contributed by atoms with E-state index in [2.05, 4.69) is 34.6 Å². The zero-order valence-electron chi connectivity index (χ0n) is 27.3. The molecule has 1 aliphatic heterocycles. The lowest BCUT2D eigenvalue weighted by molar-refractivity contribution is -0.147. The number of carbonyl (C=O) groups excluding carboxylic acids is 2. The third-order valence-electron chi connectivity index (χ3n) is 8.94. The molecule has 1 aliphatic rings. The second-order valence-corrected chi connectivity index (χ2v) is 13.3.